The zero-order chi connectivity index (χ0) is 19.6. The molecule has 6 nitrogen and oxygen atoms in total. The van der Waals surface area contributed by atoms with Gasteiger partial charge in [0.05, 0.1) is 21.9 Å². The highest BCUT2D eigenvalue weighted by molar-refractivity contribution is 7.92. The quantitative estimate of drug-likeness (QED) is 0.631. The van der Waals surface area contributed by atoms with Crippen LogP contribution in [0.3, 0.4) is 0 Å². The third-order valence-electron chi connectivity index (χ3n) is 3.47. The average Bonchev–Trinajstić information content (AvgIpc) is 2.64. The lowest BCUT2D eigenvalue weighted by Crippen LogP contribution is -2.13. The van der Waals surface area contributed by atoms with E-state index in [2.05, 4.69) is 14.7 Å². The van der Waals surface area contributed by atoms with Crippen molar-refractivity contribution in [2.45, 2.75) is 4.90 Å². The third-order valence-corrected chi connectivity index (χ3v) is 6.09. The highest BCUT2D eigenvalue weighted by Crippen LogP contribution is 2.30. The third kappa shape index (κ3) is 4.15. The van der Waals surface area contributed by atoms with E-state index < -0.39 is 10.0 Å². The molecule has 0 aliphatic heterocycles. The molecule has 0 radical (unpaired) electrons. The maximum Gasteiger partial charge on any atom is 0.263 e. The summed E-state index contributed by atoms with van der Waals surface area (Å²) in [6.07, 6.45) is 1.41. The minimum Gasteiger partial charge on any atom is -0.280 e. The molecule has 1 aromatic heterocycles. The van der Waals surface area contributed by atoms with Gasteiger partial charge in [-0.15, -0.1) is 0 Å². The first-order valence-electron chi connectivity index (χ1n) is 7.32. The van der Waals surface area contributed by atoms with Gasteiger partial charge in [-0.2, -0.15) is 5.26 Å². The van der Waals surface area contributed by atoms with Gasteiger partial charge in [0.25, 0.3) is 10.0 Å². The van der Waals surface area contributed by atoms with Crippen molar-refractivity contribution in [1.82, 2.24) is 9.97 Å². The average molecular weight is 440 g/mol. The fraction of sp³-hybridized carbons (Fsp3) is 0. The van der Waals surface area contributed by atoms with E-state index in [1.54, 1.807) is 24.3 Å². The van der Waals surface area contributed by atoms with Crippen LogP contribution in [0.15, 0.2) is 53.6 Å². The van der Waals surface area contributed by atoms with Crippen molar-refractivity contribution in [3.05, 3.63) is 69.6 Å². The molecule has 0 fully saturated rings. The number of nitrogens with zero attached hydrogens (tertiary/aromatic N) is 3. The van der Waals surface area contributed by atoms with Gasteiger partial charge in [-0.25, -0.2) is 18.4 Å². The smallest absolute Gasteiger partial charge is 0.263 e. The number of sulfonamides is 1. The molecule has 136 valence electrons. The Morgan fingerprint density at radius 1 is 1.04 bits per heavy atom. The number of nitrogens with one attached hydrogen (secondary N) is 1. The van der Waals surface area contributed by atoms with Gasteiger partial charge >= 0.3 is 0 Å². The fourth-order valence-corrected chi connectivity index (χ4v) is 4.19. The summed E-state index contributed by atoms with van der Waals surface area (Å²) in [5.41, 5.74) is 1.45. The number of anilines is 1. The van der Waals surface area contributed by atoms with Crippen LogP contribution in [0.2, 0.25) is 15.2 Å². The molecule has 0 saturated carbocycles. The van der Waals surface area contributed by atoms with Gasteiger partial charge in [-0.1, -0.05) is 53.0 Å². The first-order valence-corrected chi connectivity index (χ1v) is 9.93. The van der Waals surface area contributed by atoms with Crippen LogP contribution in [0.5, 0.6) is 0 Å². The Morgan fingerprint density at radius 2 is 1.74 bits per heavy atom. The van der Waals surface area contributed by atoms with Gasteiger partial charge < -0.3 is 0 Å². The molecule has 0 unspecified atom stereocenters. The van der Waals surface area contributed by atoms with Crippen LogP contribution in [-0.4, -0.2) is 18.4 Å². The Hall–Kier alpha value is -2.37. The van der Waals surface area contributed by atoms with Gasteiger partial charge in [0.2, 0.25) is 0 Å². The number of halogens is 3. The molecule has 2 aromatic carbocycles. The number of rotatable bonds is 4. The first kappa shape index (κ1) is 19.4. The molecule has 0 aliphatic carbocycles. The Kier molecular flexibility index (Phi) is 5.53. The van der Waals surface area contributed by atoms with Gasteiger partial charge in [0.1, 0.15) is 11.0 Å². The summed E-state index contributed by atoms with van der Waals surface area (Å²) < 4.78 is 27.5. The Bertz CT molecular complexity index is 1160. The number of nitriles is 1. The molecular weight excluding hydrogens is 431 g/mol. The second kappa shape index (κ2) is 7.71. The summed E-state index contributed by atoms with van der Waals surface area (Å²) in [5, 5.41) is 8.93. The van der Waals surface area contributed by atoms with E-state index >= 15 is 0 Å². The number of hydrogen-bond acceptors (Lipinski definition) is 5. The Balaban J connectivity index is 1.87. The molecule has 1 heterocycles. The number of aromatic nitrogens is 2. The summed E-state index contributed by atoms with van der Waals surface area (Å²) in [7, 11) is -3.91. The van der Waals surface area contributed by atoms with Crippen LogP contribution in [0.1, 0.15) is 5.69 Å². The maximum atomic E-state index is 12.5. The summed E-state index contributed by atoms with van der Waals surface area (Å²) in [6, 6.07) is 12.6. The largest absolute Gasteiger partial charge is 0.280 e. The van der Waals surface area contributed by atoms with Gasteiger partial charge in [0.15, 0.2) is 10.8 Å². The van der Waals surface area contributed by atoms with E-state index in [1.165, 1.54) is 24.4 Å². The minimum atomic E-state index is -3.91. The van der Waals surface area contributed by atoms with Crippen LogP contribution >= 0.6 is 34.8 Å². The highest BCUT2D eigenvalue weighted by atomic mass is 35.5. The normalized spacial score (nSPS) is 11.0. The SMILES string of the molecule is N#Cc1ncc(-c2ccc(NS(=O)(=O)c3cccc(Cl)c3Cl)cc2)nc1Cl. The molecule has 0 bridgehead atoms. The topological polar surface area (TPSA) is 95.7 Å². The zero-order valence-electron chi connectivity index (χ0n) is 13.3. The lowest BCUT2D eigenvalue weighted by Gasteiger charge is -2.11. The van der Waals surface area contributed by atoms with Crippen LogP contribution in [-0.2, 0) is 10.0 Å². The lowest BCUT2D eigenvalue weighted by molar-refractivity contribution is 0.601. The van der Waals surface area contributed by atoms with E-state index in [0.717, 1.165) is 0 Å². The van der Waals surface area contributed by atoms with Gasteiger partial charge in [-0.3, -0.25) is 4.72 Å². The predicted octanol–water partition coefficient (Wildman–Crippen LogP) is 4.78. The molecule has 0 aliphatic rings. The predicted molar refractivity (Wildman–Crippen MR) is 104 cm³/mol. The van der Waals surface area contributed by atoms with E-state index in [1.807, 2.05) is 6.07 Å². The van der Waals surface area contributed by atoms with E-state index in [4.69, 9.17) is 40.1 Å². The van der Waals surface area contributed by atoms with Crippen molar-refractivity contribution in [2.24, 2.45) is 0 Å². The highest BCUT2D eigenvalue weighted by Gasteiger charge is 2.19. The van der Waals surface area contributed by atoms with Crippen molar-refractivity contribution < 1.29 is 8.42 Å². The van der Waals surface area contributed by atoms with Crippen LogP contribution in [0.4, 0.5) is 5.69 Å². The molecule has 10 heteroatoms. The van der Waals surface area contributed by atoms with E-state index in [9.17, 15) is 8.42 Å². The molecule has 0 saturated heterocycles. The second-order valence-corrected chi connectivity index (χ2v) is 8.04. The van der Waals surface area contributed by atoms with Crippen molar-refractivity contribution >= 4 is 50.5 Å². The van der Waals surface area contributed by atoms with Crippen LogP contribution in [0.25, 0.3) is 11.3 Å². The molecule has 3 rings (SSSR count). The minimum absolute atomic E-state index is 0.00428. The maximum absolute atomic E-state index is 12.5. The monoisotopic (exact) mass is 438 g/mol. The summed E-state index contributed by atoms with van der Waals surface area (Å²) >= 11 is 17.7. The van der Waals surface area contributed by atoms with Crippen LogP contribution in [0, 0.1) is 11.3 Å². The molecule has 1 N–H and O–H groups in total. The van der Waals surface area contributed by atoms with Crippen molar-refractivity contribution in [3.63, 3.8) is 0 Å². The van der Waals surface area contributed by atoms with Gasteiger partial charge in [-0.05, 0) is 24.3 Å². The van der Waals surface area contributed by atoms with E-state index in [0.29, 0.717) is 16.9 Å². The van der Waals surface area contributed by atoms with E-state index in [-0.39, 0.29) is 25.8 Å². The van der Waals surface area contributed by atoms with Crippen molar-refractivity contribution in [1.29, 1.82) is 5.26 Å². The second-order valence-electron chi connectivity index (χ2n) is 5.24. The van der Waals surface area contributed by atoms with Gasteiger partial charge in [0, 0.05) is 11.3 Å². The molecule has 0 spiro atoms. The Morgan fingerprint density at radius 3 is 2.37 bits per heavy atom. The van der Waals surface area contributed by atoms with Crippen molar-refractivity contribution in [2.75, 3.05) is 4.72 Å². The molecule has 27 heavy (non-hydrogen) atoms. The van der Waals surface area contributed by atoms with Crippen LogP contribution < -0.4 is 4.72 Å². The Labute approximate surface area is 170 Å². The fourth-order valence-electron chi connectivity index (χ4n) is 2.19. The molecule has 0 amide bonds. The zero-order valence-corrected chi connectivity index (χ0v) is 16.4. The number of benzene rings is 2. The van der Waals surface area contributed by atoms with Crippen molar-refractivity contribution in [3.8, 4) is 17.3 Å². The molecule has 0 atom stereocenters. The summed E-state index contributed by atoms with van der Waals surface area (Å²) in [4.78, 5) is 7.90. The summed E-state index contributed by atoms with van der Waals surface area (Å²) in [5.74, 6) is 0. The molecule has 3 aromatic rings. The summed E-state index contributed by atoms with van der Waals surface area (Å²) in [6.45, 7) is 0. The standard InChI is InChI=1S/C17H9Cl3N4O2S/c18-12-2-1-3-15(16(12)19)27(25,26)24-11-6-4-10(5-7-11)14-9-22-13(8-21)17(20)23-14/h1-7,9,24H. The lowest BCUT2D eigenvalue weighted by atomic mass is 10.1. The molecular formula is C17H9Cl3N4O2S. The first-order chi connectivity index (χ1) is 12.8. The number of hydrogen-bond donors (Lipinski definition) is 1.